The summed E-state index contributed by atoms with van der Waals surface area (Å²) in [5.74, 6) is -1.29. The zero-order chi connectivity index (χ0) is 14.5. The summed E-state index contributed by atoms with van der Waals surface area (Å²) in [6.07, 6.45) is 4.22. The highest BCUT2D eigenvalue weighted by Gasteiger charge is 2.11. The minimum absolute atomic E-state index is 0.240. The highest BCUT2D eigenvalue weighted by atomic mass is 32.1. The SMILES string of the molecule is Cn1ccc(CNC(=O)c2sccc2/C=C/C(=O)O)n1. The van der Waals surface area contributed by atoms with Crippen LogP contribution in [0.3, 0.4) is 0 Å². The van der Waals surface area contributed by atoms with Crippen LogP contribution < -0.4 is 5.32 Å². The molecule has 0 aliphatic heterocycles. The van der Waals surface area contributed by atoms with Crippen molar-refractivity contribution in [3.05, 3.63) is 45.9 Å². The third-order valence-electron chi connectivity index (χ3n) is 2.51. The molecule has 1 amide bonds. The van der Waals surface area contributed by atoms with Gasteiger partial charge in [0.15, 0.2) is 0 Å². The monoisotopic (exact) mass is 291 g/mol. The van der Waals surface area contributed by atoms with Crippen LogP contribution in [0.5, 0.6) is 0 Å². The molecule has 104 valence electrons. The quantitative estimate of drug-likeness (QED) is 0.818. The summed E-state index contributed by atoms with van der Waals surface area (Å²) in [5, 5.41) is 17.3. The number of carbonyl (C=O) groups is 2. The van der Waals surface area contributed by atoms with Crippen molar-refractivity contribution in [1.82, 2.24) is 15.1 Å². The number of nitrogens with zero attached hydrogens (tertiary/aromatic N) is 2. The Kier molecular flexibility index (Phi) is 4.31. The highest BCUT2D eigenvalue weighted by molar-refractivity contribution is 7.12. The lowest BCUT2D eigenvalue weighted by Crippen LogP contribution is -2.22. The van der Waals surface area contributed by atoms with Crippen LogP contribution in [0.1, 0.15) is 20.9 Å². The first-order chi connectivity index (χ1) is 9.56. The van der Waals surface area contributed by atoms with Gasteiger partial charge in [0, 0.05) is 19.3 Å². The van der Waals surface area contributed by atoms with Crippen molar-refractivity contribution in [3.8, 4) is 0 Å². The van der Waals surface area contributed by atoms with Crippen LogP contribution >= 0.6 is 11.3 Å². The zero-order valence-corrected chi connectivity index (χ0v) is 11.6. The normalized spacial score (nSPS) is 10.8. The Bertz CT molecular complexity index is 657. The number of rotatable bonds is 5. The first-order valence-electron chi connectivity index (χ1n) is 5.81. The molecule has 0 fully saturated rings. The topological polar surface area (TPSA) is 84.2 Å². The van der Waals surface area contributed by atoms with Gasteiger partial charge in [-0.15, -0.1) is 11.3 Å². The third kappa shape index (κ3) is 3.55. The van der Waals surface area contributed by atoms with E-state index in [1.165, 1.54) is 17.4 Å². The fraction of sp³-hybridized carbons (Fsp3) is 0.154. The second-order valence-electron chi connectivity index (χ2n) is 4.04. The second kappa shape index (κ2) is 6.16. The molecule has 2 heterocycles. The Morgan fingerprint density at radius 3 is 2.95 bits per heavy atom. The lowest BCUT2D eigenvalue weighted by atomic mass is 10.2. The van der Waals surface area contributed by atoms with Gasteiger partial charge in [-0.05, 0) is 29.2 Å². The first kappa shape index (κ1) is 14.0. The van der Waals surface area contributed by atoms with E-state index in [0.717, 1.165) is 11.8 Å². The Hall–Kier alpha value is -2.41. The van der Waals surface area contributed by atoms with Gasteiger partial charge >= 0.3 is 5.97 Å². The van der Waals surface area contributed by atoms with E-state index in [2.05, 4.69) is 10.4 Å². The average molecular weight is 291 g/mol. The molecular weight excluding hydrogens is 278 g/mol. The van der Waals surface area contributed by atoms with E-state index in [1.54, 1.807) is 29.4 Å². The van der Waals surface area contributed by atoms with E-state index < -0.39 is 5.97 Å². The smallest absolute Gasteiger partial charge is 0.328 e. The van der Waals surface area contributed by atoms with Crippen LogP contribution in [-0.4, -0.2) is 26.8 Å². The lowest BCUT2D eigenvalue weighted by Gasteiger charge is -2.02. The molecule has 0 aromatic carbocycles. The van der Waals surface area contributed by atoms with E-state index in [1.807, 2.05) is 6.07 Å². The summed E-state index contributed by atoms with van der Waals surface area (Å²) < 4.78 is 1.66. The number of thiophene rings is 1. The van der Waals surface area contributed by atoms with Gasteiger partial charge in [0.1, 0.15) is 0 Å². The molecule has 0 atom stereocenters. The van der Waals surface area contributed by atoms with Crippen molar-refractivity contribution in [3.63, 3.8) is 0 Å². The molecule has 6 nitrogen and oxygen atoms in total. The molecule has 2 aromatic heterocycles. The minimum Gasteiger partial charge on any atom is -0.478 e. The van der Waals surface area contributed by atoms with Crippen LogP contribution in [0.15, 0.2) is 29.8 Å². The molecule has 2 N–H and O–H groups in total. The number of aryl methyl sites for hydroxylation is 1. The molecule has 0 bridgehead atoms. The van der Waals surface area contributed by atoms with Crippen LogP contribution in [-0.2, 0) is 18.4 Å². The number of aromatic nitrogens is 2. The first-order valence-corrected chi connectivity index (χ1v) is 6.69. The van der Waals surface area contributed by atoms with Crippen molar-refractivity contribution in [1.29, 1.82) is 0 Å². The van der Waals surface area contributed by atoms with E-state index in [-0.39, 0.29) is 5.91 Å². The molecule has 0 radical (unpaired) electrons. The number of carboxylic acid groups (broad SMARTS) is 1. The number of carbonyl (C=O) groups excluding carboxylic acids is 1. The molecule has 0 saturated heterocycles. The maximum absolute atomic E-state index is 12.0. The maximum atomic E-state index is 12.0. The second-order valence-corrected chi connectivity index (χ2v) is 4.96. The third-order valence-corrected chi connectivity index (χ3v) is 3.44. The highest BCUT2D eigenvalue weighted by Crippen LogP contribution is 2.18. The van der Waals surface area contributed by atoms with Gasteiger partial charge < -0.3 is 10.4 Å². The van der Waals surface area contributed by atoms with Crippen molar-refractivity contribution < 1.29 is 14.7 Å². The molecule has 0 aliphatic carbocycles. The summed E-state index contributed by atoms with van der Waals surface area (Å²) in [6.45, 7) is 0.333. The summed E-state index contributed by atoms with van der Waals surface area (Å²) in [7, 11) is 1.80. The van der Waals surface area contributed by atoms with Gasteiger partial charge in [0.2, 0.25) is 0 Å². The van der Waals surface area contributed by atoms with E-state index in [4.69, 9.17) is 5.11 Å². The maximum Gasteiger partial charge on any atom is 0.328 e. The van der Waals surface area contributed by atoms with Gasteiger partial charge in [-0.25, -0.2) is 4.79 Å². The molecule has 2 rings (SSSR count). The number of amides is 1. The van der Waals surface area contributed by atoms with E-state index >= 15 is 0 Å². The van der Waals surface area contributed by atoms with Crippen LogP contribution in [0.4, 0.5) is 0 Å². The number of aliphatic carboxylic acids is 1. The average Bonchev–Trinajstić information content (AvgIpc) is 3.02. The number of hydrogen-bond donors (Lipinski definition) is 2. The molecule has 0 aliphatic rings. The summed E-state index contributed by atoms with van der Waals surface area (Å²) in [6, 6.07) is 3.53. The Morgan fingerprint density at radius 1 is 1.50 bits per heavy atom. The van der Waals surface area contributed by atoms with Crippen LogP contribution in [0, 0.1) is 0 Å². The molecule has 0 unspecified atom stereocenters. The van der Waals surface area contributed by atoms with Gasteiger partial charge in [-0.1, -0.05) is 0 Å². The van der Waals surface area contributed by atoms with Gasteiger partial charge in [-0.2, -0.15) is 5.10 Å². The van der Waals surface area contributed by atoms with Crippen molar-refractivity contribution in [2.45, 2.75) is 6.54 Å². The summed E-state index contributed by atoms with van der Waals surface area (Å²) >= 11 is 1.27. The molecular formula is C13H13N3O3S. The Balaban J connectivity index is 2.02. The largest absolute Gasteiger partial charge is 0.478 e. The molecule has 2 aromatic rings. The summed E-state index contributed by atoms with van der Waals surface area (Å²) in [4.78, 5) is 23.0. The molecule has 0 spiro atoms. The van der Waals surface area contributed by atoms with Crippen molar-refractivity contribution in [2.75, 3.05) is 0 Å². The minimum atomic E-state index is -1.05. The zero-order valence-electron chi connectivity index (χ0n) is 10.7. The lowest BCUT2D eigenvalue weighted by molar-refractivity contribution is -0.131. The van der Waals surface area contributed by atoms with Crippen molar-refractivity contribution in [2.24, 2.45) is 7.05 Å². The van der Waals surface area contributed by atoms with Crippen LogP contribution in [0.25, 0.3) is 6.08 Å². The fourth-order valence-electron chi connectivity index (χ4n) is 1.60. The predicted molar refractivity (Wildman–Crippen MR) is 75.4 cm³/mol. The number of carboxylic acids is 1. The van der Waals surface area contributed by atoms with Crippen LogP contribution in [0.2, 0.25) is 0 Å². The predicted octanol–water partition coefficient (Wildman–Crippen LogP) is 1.51. The number of hydrogen-bond acceptors (Lipinski definition) is 4. The Labute approximate surface area is 119 Å². The molecule has 0 saturated carbocycles. The molecule has 20 heavy (non-hydrogen) atoms. The fourth-order valence-corrected chi connectivity index (χ4v) is 2.41. The van der Waals surface area contributed by atoms with Gasteiger partial charge in [0.05, 0.1) is 17.1 Å². The van der Waals surface area contributed by atoms with Gasteiger partial charge in [-0.3, -0.25) is 9.48 Å². The standard InChI is InChI=1S/C13H13N3O3S/c1-16-6-4-10(15-16)8-14-13(19)12-9(5-7-20-12)2-3-11(17)18/h2-7H,8H2,1H3,(H,14,19)(H,17,18)/b3-2+. The van der Waals surface area contributed by atoms with Gasteiger partial charge in [0.25, 0.3) is 5.91 Å². The molecule has 7 heteroatoms. The van der Waals surface area contributed by atoms with E-state index in [0.29, 0.717) is 17.0 Å². The van der Waals surface area contributed by atoms with E-state index in [9.17, 15) is 9.59 Å². The number of nitrogens with one attached hydrogen (secondary N) is 1. The summed E-state index contributed by atoms with van der Waals surface area (Å²) in [5.41, 5.74) is 1.36. The Morgan fingerprint density at radius 2 is 2.30 bits per heavy atom. The van der Waals surface area contributed by atoms with Crippen molar-refractivity contribution >= 4 is 29.3 Å².